The summed E-state index contributed by atoms with van der Waals surface area (Å²) >= 11 is 1.09. The van der Waals surface area contributed by atoms with Gasteiger partial charge in [-0.25, -0.2) is 4.98 Å². The van der Waals surface area contributed by atoms with E-state index in [2.05, 4.69) is 25.8 Å². The van der Waals surface area contributed by atoms with Gasteiger partial charge in [0, 0.05) is 37.3 Å². The summed E-state index contributed by atoms with van der Waals surface area (Å²) in [5.41, 5.74) is 1.85. The molecule has 0 fully saturated rings. The van der Waals surface area contributed by atoms with Gasteiger partial charge in [0.2, 0.25) is 18.6 Å². The van der Waals surface area contributed by atoms with Crippen LogP contribution in [0.3, 0.4) is 0 Å². The van der Waals surface area contributed by atoms with Crippen LogP contribution in [0.25, 0.3) is 10.9 Å². The number of aromatic amines is 1. The Hall–Kier alpha value is -4.72. The molecule has 0 saturated carbocycles. The summed E-state index contributed by atoms with van der Waals surface area (Å²) in [5.74, 6) is 2.03. The van der Waals surface area contributed by atoms with Crippen molar-refractivity contribution in [2.45, 2.75) is 31.5 Å². The number of aryl methyl sites for hydroxylation is 1. The number of aromatic nitrogens is 4. The van der Waals surface area contributed by atoms with E-state index >= 15 is 0 Å². The predicted octanol–water partition coefficient (Wildman–Crippen LogP) is 2.65. The summed E-state index contributed by atoms with van der Waals surface area (Å²) in [6.45, 7) is 2.35. The summed E-state index contributed by atoms with van der Waals surface area (Å²) in [6, 6.07) is 10.5. The van der Waals surface area contributed by atoms with Gasteiger partial charge in [-0.1, -0.05) is 17.8 Å². The highest BCUT2D eigenvalue weighted by molar-refractivity contribution is 7.99. The minimum atomic E-state index is -0.345. The first-order valence-corrected chi connectivity index (χ1v) is 14.1. The maximum atomic E-state index is 13.6. The standard InChI is InChI=1S/C28H30N6O7S/c1-16-10-24(33-32-16)31-26(36)14-42-28-30-19-13-23-22(40-15-41-23)12-18(19)27(37)34(28)9-7-25(35)29-8-6-17-4-5-20(38-2)21(11-17)39-3/h4-5,10-13H,6-9,14-15H2,1-3H3,(H,29,35)(H2,31,32,33,36). The monoisotopic (exact) mass is 594 g/mol. The van der Waals surface area contributed by atoms with Crippen molar-refractivity contribution in [2.24, 2.45) is 0 Å². The molecule has 2 aromatic heterocycles. The molecule has 0 saturated heterocycles. The van der Waals surface area contributed by atoms with Gasteiger partial charge in [0.15, 0.2) is 34.0 Å². The van der Waals surface area contributed by atoms with Crippen molar-refractivity contribution in [1.29, 1.82) is 0 Å². The van der Waals surface area contributed by atoms with Crippen LogP contribution in [0.1, 0.15) is 17.7 Å². The summed E-state index contributed by atoms with van der Waals surface area (Å²) in [7, 11) is 3.14. The molecular weight excluding hydrogens is 564 g/mol. The molecule has 14 heteroatoms. The normalized spacial score (nSPS) is 11.9. The van der Waals surface area contributed by atoms with Crippen LogP contribution in [0.2, 0.25) is 0 Å². The van der Waals surface area contributed by atoms with E-state index in [1.165, 1.54) is 4.57 Å². The number of hydrogen-bond donors (Lipinski definition) is 3. The average Bonchev–Trinajstić information content (AvgIpc) is 3.62. The van der Waals surface area contributed by atoms with Crippen molar-refractivity contribution in [3.8, 4) is 23.0 Å². The molecule has 0 bridgehead atoms. The van der Waals surface area contributed by atoms with Gasteiger partial charge in [0.05, 0.1) is 30.9 Å². The van der Waals surface area contributed by atoms with E-state index in [0.717, 1.165) is 23.0 Å². The van der Waals surface area contributed by atoms with Crippen molar-refractivity contribution in [2.75, 3.05) is 38.6 Å². The Morgan fingerprint density at radius 1 is 1.07 bits per heavy atom. The largest absolute Gasteiger partial charge is 0.493 e. The second kappa shape index (κ2) is 12.9. The number of methoxy groups -OCH3 is 2. The average molecular weight is 595 g/mol. The number of anilines is 1. The molecule has 220 valence electrons. The van der Waals surface area contributed by atoms with Gasteiger partial charge in [-0.05, 0) is 37.1 Å². The smallest absolute Gasteiger partial charge is 0.262 e. The van der Waals surface area contributed by atoms with E-state index in [1.54, 1.807) is 32.4 Å². The number of thioether (sulfide) groups is 1. The van der Waals surface area contributed by atoms with Crippen LogP contribution in [-0.2, 0) is 22.6 Å². The maximum Gasteiger partial charge on any atom is 0.262 e. The van der Waals surface area contributed by atoms with E-state index < -0.39 is 0 Å². The molecule has 13 nitrogen and oxygen atoms in total. The number of carbonyl (C=O) groups excluding carboxylic acids is 2. The highest BCUT2D eigenvalue weighted by Gasteiger charge is 2.20. The summed E-state index contributed by atoms with van der Waals surface area (Å²) < 4.78 is 22.9. The molecule has 5 rings (SSSR count). The van der Waals surface area contributed by atoms with Crippen molar-refractivity contribution in [3.05, 3.63) is 58.0 Å². The van der Waals surface area contributed by atoms with Crippen molar-refractivity contribution < 1.29 is 28.5 Å². The molecule has 4 aromatic rings. The van der Waals surface area contributed by atoms with Crippen LogP contribution < -0.4 is 35.1 Å². The molecule has 3 heterocycles. The van der Waals surface area contributed by atoms with Gasteiger partial charge in [-0.3, -0.25) is 24.0 Å². The van der Waals surface area contributed by atoms with Gasteiger partial charge < -0.3 is 29.6 Å². The number of H-pyrrole nitrogens is 1. The zero-order chi connectivity index (χ0) is 29.6. The summed E-state index contributed by atoms with van der Waals surface area (Å²) in [4.78, 5) is 43.5. The Balaban J connectivity index is 1.27. The van der Waals surface area contributed by atoms with Gasteiger partial charge in [-0.15, -0.1) is 0 Å². The zero-order valence-electron chi connectivity index (χ0n) is 23.3. The first kappa shape index (κ1) is 28.8. The van der Waals surface area contributed by atoms with E-state index in [9.17, 15) is 14.4 Å². The lowest BCUT2D eigenvalue weighted by molar-refractivity contribution is -0.121. The molecule has 0 atom stereocenters. The molecule has 1 aliphatic heterocycles. The molecule has 2 amide bonds. The van der Waals surface area contributed by atoms with Crippen LogP contribution in [0.5, 0.6) is 23.0 Å². The first-order chi connectivity index (χ1) is 20.3. The van der Waals surface area contributed by atoms with E-state index in [1.807, 2.05) is 25.1 Å². The third kappa shape index (κ3) is 6.60. The van der Waals surface area contributed by atoms with Crippen LogP contribution in [0.4, 0.5) is 5.82 Å². The second-order valence-electron chi connectivity index (χ2n) is 9.39. The quantitative estimate of drug-likeness (QED) is 0.164. The number of fused-ring (bicyclic) bond motifs is 2. The molecule has 2 aromatic carbocycles. The Morgan fingerprint density at radius 3 is 2.60 bits per heavy atom. The third-order valence-corrected chi connectivity index (χ3v) is 7.44. The lowest BCUT2D eigenvalue weighted by Gasteiger charge is -2.14. The van der Waals surface area contributed by atoms with E-state index in [-0.39, 0.29) is 42.9 Å². The van der Waals surface area contributed by atoms with E-state index in [0.29, 0.717) is 57.8 Å². The SMILES string of the molecule is COc1ccc(CCNC(=O)CCn2c(SCC(=O)Nc3cc(C)[nH]n3)nc3cc4c(cc3c2=O)OCO4)cc1OC. The van der Waals surface area contributed by atoms with Crippen LogP contribution in [-0.4, -0.2) is 64.9 Å². The zero-order valence-corrected chi connectivity index (χ0v) is 24.1. The van der Waals surface area contributed by atoms with Gasteiger partial charge in [0.1, 0.15) is 0 Å². The maximum absolute atomic E-state index is 13.6. The number of amides is 2. The minimum Gasteiger partial charge on any atom is -0.493 e. The molecule has 0 unspecified atom stereocenters. The fraction of sp³-hybridized carbons (Fsp3) is 0.321. The molecular formula is C28H30N6O7S. The third-order valence-electron chi connectivity index (χ3n) is 6.47. The number of ether oxygens (including phenoxy) is 4. The Kier molecular flexibility index (Phi) is 8.81. The second-order valence-corrected chi connectivity index (χ2v) is 10.3. The van der Waals surface area contributed by atoms with Crippen molar-refractivity contribution in [3.63, 3.8) is 0 Å². The fourth-order valence-corrected chi connectivity index (χ4v) is 5.20. The highest BCUT2D eigenvalue weighted by atomic mass is 32.2. The lowest BCUT2D eigenvalue weighted by atomic mass is 10.1. The van der Waals surface area contributed by atoms with Crippen molar-refractivity contribution >= 4 is 40.3 Å². The Labute approximate surface area is 244 Å². The van der Waals surface area contributed by atoms with Crippen LogP contribution in [0.15, 0.2) is 46.3 Å². The number of nitrogens with one attached hydrogen (secondary N) is 3. The molecule has 42 heavy (non-hydrogen) atoms. The molecule has 3 N–H and O–H groups in total. The lowest BCUT2D eigenvalue weighted by Crippen LogP contribution is -2.30. The van der Waals surface area contributed by atoms with Gasteiger partial charge in [-0.2, -0.15) is 5.10 Å². The van der Waals surface area contributed by atoms with Gasteiger partial charge >= 0.3 is 0 Å². The number of carbonyl (C=O) groups is 2. The number of benzene rings is 2. The van der Waals surface area contributed by atoms with Crippen LogP contribution >= 0.6 is 11.8 Å². The van der Waals surface area contributed by atoms with Crippen molar-refractivity contribution in [1.82, 2.24) is 25.1 Å². The number of hydrogen-bond acceptors (Lipinski definition) is 10. The van der Waals surface area contributed by atoms with Crippen LogP contribution in [0, 0.1) is 6.92 Å². The highest BCUT2D eigenvalue weighted by Crippen LogP contribution is 2.35. The summed E-state index contributed by atoms with van der Waals surface area (Å²) in [5, 5.41) is 13.0. The first-order valence-electron chi connectivity index (χ1n) is 13.1. The Bertz CT molecular complexity index is 1690. The van der Waals surface area contributed by atoms with Gasteiger partial charge in [0.25, 0.3) is 5.56 Å². The fourth-order valence-electron chi connectivity index (χ4n) is 4.37. The Morgan fingerprint density at radius 2 is 1.86 bits per heavy atom. The molecule has 0 aliphatic carbocycles. The number of rotatable bonds is 12. The number of nitrogens with zero attached hydrogens (tertiary/aromatic N) is 3. The molecule has 0 spiro atoms. The molecule has 1 aliphatic rings. The molecule has 0 radical (unpaired) electrons. The minimum absolute atomic E-state index is 0.0219. The topological polar surface area (TPSA) is 159 Å². The predicted molar refractivity (Wildman–Crippen MR) is 156 cm³/mol. The summed E-state index contributed by atoms with van der Waals surface area (Å²) in [6.07, 6.45) is 0.623. The van der Waals surface area contributed by atoms with E-state index in [4.69, 9.17) is 18.9 Å².